The number of allylic oxidation sites excluding steroid dienone is 1. The van der Waals surface area contributed by atoms with Crippen LogP contribution in [0.3, 0.4) is 0 Å². The Balaban J connectivity index is 1.68. The molecule has 0 atom stereocenters. The van der Waals surface area contributed by atoms with Crippen molar-refractivity contribution in [1.82, 2.24) is 9.97 Å². The second-order valence-electron chi connectivity index (χ2n) is 7.21. The smallest absolute Gasteiger partial charge is 0.159 e. The Morgan fingerprint density at radius 2 is 1.43 bits per heavy atom. The van der Waals surface area contributed by atoms with Gasteiger partial charge in [-0.15, -0.1) is 0 Å². The topological polar surface area (TPSA) is 53.5 Å². The van der Waals surface area contributed by atoms with Gasteiger partial charge in [-0.3, -0.25) is 0 Å². The summed E-state index contributed by atoms with van der Waals surface area (Å²) in [5.74, 6) is 2.22. The van der Waals surface area contributed by atoms with E-state index in [0.717, 1.165) is 50.2 Å². The summed E-state index contributed by atoms with van der Waals surface area (Å²) < 4.78 is 17.0. The van der Waals surface area contributed by atoms with Crippen LogP contribution < -0.4 is 9.47 Å². The van der Waals surface area contributed by atoms with Gasteiger partial charge in [-0.2, -0.15) is 0 Å². The molecule has 0 fully saturated rings. The van der Waals surface area contributed by atoms with Gasteiger partial charge in [0, 0.05) is 18.8 Å². The van der Waals surface area contributed by atoms with Gasteiger partial charge < -0.3 is 14.2 Å². The molecule has 0 aliphatic rings. The van der Waals surface area contributed by atoms with E-state index in [1.807, 2.05) is 24.3 Å². The second-order valence-corrected chi connectivity index (χ2v) is 7.21. The number of ether oxygens (including phenoxy) is 3. The van der Waals surface area contributed by atoms with E-state index in [9.17, 15) is 0 Å². The Labute approximate surface area is 181 Å². The van der Waals surface area contributed by atoms with E-state index < -0.39 is 0 Å². The molecule has 0 N–H and O–H groups in total. The highest BCUT2D eigenvalue weighted by atomic mass is 16.5. The summed E-state index contributed by atoms with van der Waals surface area (Å²) in [6.45, 7) is 7.27. The van der Waals surface area contributed by atoms with Crippen molar-refractivity contribution < 1.29 is 14.2 Å². The van der Waals surface area contributed by atoms with Gasteiger partial charge in [0.15, 0.2) is 11.6 Å². The van der Waals surface area contributed by atoms with Crippen molar-refractivity contribution in [3.63, 3.8) is 0 Å². The molecular weight excluding hydrogens is 376 g/mol. The van der Waals surface area contributed by atoms with Crippen molar-refractivity contribution in [3.05, 3.63) is 48.8 Å². The number of nitrogens with zero attached hydrogens (tertiary/aromatic N) is 2. The van der Waals surface area contributed by atoms with Gasteiger partial charge >= 0.3 is 0 Å². The maximum absolute atomic E-state index is 5.73. The highest BCUT2D eigenvalue weighted by Crippen LogP contribution is 2.20. The van der Waals surface area contributed by atoms with Gasteiger partial charge in [-0.05, 0) is 49.9 Å². The Kier molecular flexibility index (Phi) is 12.3. The lowest BCUT2D eigenvalue weighted by molar-refractivity contribution is 0.123. The fourth-order valence-electron chi connectivity index (χ4n) is 2.74. The van der Waals surface area contributed by atoms with Crippen LogP contribution >= 0.6 is 0 Å². The van der Waals surface area contributed by atoms with E-state index in [1.165, 1.54) is 19.3 Å². The third-order valence-electron chi connectivity index (χ3n) is 4.57. The molecule has 2 rings (SSSR count). The molecule has 1 heterocycles. The molecule has 0 radical (unpaired) electrons. The summed E-state index contributed by atoms with van der Waals surface area (Å²) in [5.41, 5.74) is 0.955. The molecular formula is C25H36N2O3. The molecule has 2 aromatic rings. The van der Waals surface area contributed by atoms with Crippen LogP contribution in [0.15, 0.2) is 48.8 Å². The first-order valence-corrected chi connectivity index (χ1v) is 11.2. The Morgan fingerprint density at radius 3 is 2.17 bits per heavy atom. The normalized spacial score (nSPS) is 11.1. The minimum atomic E-state index is 0.594. The quantitative estimate of drug-likeness (QED) is 0.241. The summed E-state index contributed by atoms with van der Waals surface area (Å²) in [7, 11) is 0. The van der Waals surface area contributed by atoms with Crippen LogP contribution in [-0.4, -0.2) is 36.4 Å². The van der Waals surface area contributed by atoms with Gasteiger partial charge in [0.05, 0.1) is 19.0 Å². The standard InChI is InChI=1S/C25H36N2O3/c1-3-5-7-8-9-18-29-23-14-12-22(13-15-23)25-26-20-24(21-27-25)30-19-11-10-17-28-16-6-4-2/h8-9,12-15,20-21H,3-7,10-11,16-19H2,1-2H3. The van der Waals surface area contributed by atoms with Crippen molar-refractivity contribution in [3.8, 4) is 22.9 Å². The first-order chi connectivity index (χ1) is 14.8. The molecule has 1 aromatic carbocycles. The van der Waals surface area contributed by atoms with E-state index >= 15 is 0 Å². The van der Waals surface area contributed by atoms with Gasteiger partial charge in [0.1, 0.15) is 12.4 Å². The SMILES string of the molecule is CCCCC=CCOc1ccc(-c2ncc(OCCCCOCCCC)cn2)cc1. The van der Waals surface area contributed by atoms with E-state index in [0.29, 0.717) is 24.8 Å². The number of hydrogen-bond acceptors (Lipinski definition) is 5. The molecule has 0 saturated carbocycles. The molecule has 0 spiro atoms. The summed E-state index contributed by atoms with van der Waals surface area (Å²) in [6, 6.07) is 7.85. The molecule has 1 aromatic heterocycles. The zero-order chi connectivity index (χ0) is 21.3. The molecule has 5 nitrogen and oxygen atoms in total. The first-order valence-electron chi connectivity index (χ1n) is 11.2. The van der Waals surface area contributed by atoms with E-state index in [-0.39, 0.29) is 0 Å². The van der Waals surface area contributed by atoms with Crippen molar-refractivity contribution in [2.24, 2.45) is 0 Å². The molecule has 5 heteroatoms. The summed E-state index contributed by atoms with van der Waals surface area (Å²) >= 11 is 0. The van der Waals surface area contributed by atoms with Crippen LogP contribution in [0.5, 0.6) is 11.5 Å². The van der Waals surface area contributed by atoms with Crippen molar-refractivity contribution >= 4 is 0 Å². The largest absolute Gasteiger partial charge is 0.490 e. The molecule has 0 aliphatic carbocycles. The second kappa shape index (κ2) is 15.4. The van der Waals surface area contributed by atoms with Crippen LogP contribution in [0.4, 0.5) is 0 Å². The maximum Gasteiger partial charge on any atom is 0.159 e. The molecule has 0 unspecified atom stereocenters. The van der Waals surface area contributed by atoms with E-state index in [2.05, 4.69) is 36.0 Å². The van der Waals surface area contributed by atoms with Crippen LogP contribution in [-0.2, 0) is 4.74 Å². The third kappa shape index (κ3) is 9.88. The minimum absolute atomic E-state index is 0.594. The Hall–Kier alpha value is -2.40. The lowest BCUT2D eigenvalue weighted by atomic mass is 10.2. The number of aromatic nitrogens is 2. The van der Waals surface area contributed by atoms with Gasteiger partial charge in [-0.1, -0.05) is 45.3 Å². The minimum Gasteiger partial charge on any atom is -0.490 e. The Bertz CT molecular complexity index is 699. The van der Waals surface area contributed by atoms with Crippen LogP contribution in [0.25, 0.3) is 11.4 Å². The zero-order valence-electron chi connectivity index (χ0n) is 18.5. The summed E-state index contributed by atoms with van der Waals surface area (Å²) in [4.78, 5) is 8.84. The molecule has 30 heavy (non-hydrogen) atoms. The lowest BCUT2D eigenvalue weighted by Crippen LogP contribution is -2.02. The molecule has 0 saturated heterocycles. The van der Waals surface area contributed by atoms with Crippen LogP contribution in [0.2, 0.25) is 0 Å². The highest BCUT2D eigenvalue weighted by Gasteiger charge is 2.03. The average molecular weight is 413 g/mol. The molecule has 164 valence electrons. The summed E-state index contributed by atoms with van der Waals surface area (Å²) in [6.07, 6.45) is 15.5. The van der Waals surface area contributed by atoms with E-state index in [1.54, 1.807) is 12.4 Å². The average Bonchev–Trinajstić information content (AvgIpc) is 2.79. The number of benzene rings is 1. The molecule has 0 amide bonds. The first kappa shape index (κ1) is 23.9. The highest BCUT2D eigenvalue weighted by molar-refractivity contribution is 5.56. The summed E-state index contributed by atoms with van der Waals surface area (Å²) in [5, 5.41) is 0. The monoisotopic (exact) mass is 412 g/mol. The predicted octanol–water partition coefficient (Wildman–Crippen LogP) is 6.24. The van der Waals surface area contributed by atoms with Gasteiger partial charge in [0.2, 0.25) is 0 Å². The Morgan fingerprint density at radius 1 is 0.733 bits per heavy atom. The van der Waals surface area contributed by atoms with Crippen LogP contribution in [0, 0.1) is 0 Å². The van der Waals surface area contributed by atoms with Gasteiger partial charge in [0.25, 0.3) is 0 Å². The third-order valence-corrected chi connectivity index (χ3v) is 4.57. The van der Waals surface area contributed by atoms with Crippen molar-refractivity contribution in [2.75, 3.05) is 26.4 Å². The molecule has 0 bridgehead atoms. The number of hydrogen-bond donors (Lipinski definition) is 0. The fraction of sp³-hybridized carbons (Fsp3) is 0.520. The van der Waals surface area contributed by atoms with Crippen molar-refractivity contribution in [1.29, 1.82) is 0 Å². The fourth-order valence-corrected chi connectivity index (χ4v) is 2.74. The lowest BCUT2D eigenvalue weighted by Gasteiger charge is -2.07. The number of rotatable bonds is 16. The molecule has 0 aliphatic heterocycles. The van der Waals surface area contributed by atoms with Gasteiger partial charge in [-0.25, -0.2) is 9.97 Å². The van der Waals surface area contributed by atoms with Crippen LogP contribution in [0.1, 0.15) is 58.8 Å². The maximum atomic E-state index is 5.73. The predicted molar refractivity (Wildman–Crippen MR) is 122 cm³/mol. The number of unbranched alkanes of at least 4 members (excludes halogenated alkanes) is 4. The zero-order valence-corrected chi connectivity index (χ0v) is 18.5. The van der Waals surface area contributed by atoms with E-state index in [4.69, 9.17) is 14.2 Å². The van der Waals surface area contributed by atoms with Crippen molar-refractivity contribution in [2.45, 2.75) is 58.8 Å².